The minimum Gasteiger partial charge on any atom is -0.493 e. The van der Waals surface area contributed by atoms with Crippen molar-refractivity contribution in [2.75, 3.05) is 12.4 Å². The van der Waals surface area contributed by atoms with Crippen molar-refractivity contribution in [3.05, 3.63) is 28.2 Å². The van der Waals surface area contributed by atoms with E-state index in [0.29, 0.717) is 11.3 Å². The molecule has 1 rings (SSSR count). The SMILES string of the molecule is CC(C)(C)S(=O)(=O)CCOc1ccc(Br)c(CO)c1. The largest absolute Gasteiger partial charge is 0.493 e. The lowest BCUT2D eigenvalue weighted by Crippen LogP contribution is -2.32. The van der Waals surface area contributed by atoms with Crippen LogP contribution in [-0.2, 0) is 16.4 Å². The minimum absolute atomic E-state index is 0.0268. The molecule has 0 aliphatic carbocycles. The van der Waals surface area contributed by atoms with E-state index in [-0.39, 0.29) is 19.0 Å². The van der Waals surface area contributed by atoms with Gasteiger partial charge in [0.25, 0.3) is 0 Å². The van der Waals surface area contributed by atoms with Gasteiger partial charge in [0.15, 0.2) is 9.84 Å². The summed E-state index contributed by atoms with van der Waals surface area (Å²) in [6, 6.07) is 5.18. The first-order chi connectivity index (χ1) is 8.67. The highest BCUT2D eigenvalue weighted by molar-refractivity contribution is 9.10. The molecule has 0 saturated carbocycles. The number of hydrogen-bond donors (Lipinski definition) is 1. The topological polar surface area (TPSA) is 63.6 Å². The Morgan fingerprint density at radius 1 is 1.32 bits per heavy atom. The van der Waals surface area contributed by atoms with Crippen LogP contribution in [0.5, 0.6) is 5.75 Å². The molecule has 0 spiro atoms. The van der Waals surface area contributed by atoms with Crippen LogP contribution in [0, 0.1) is 0 Å². The highest BCUT2D eigenvalue weighted by Crippen LogP contribution is 2.23. The summed E-state index contributed by atoms with van der Waals surface area (Å²) in [5.74, 6) is 0.525. The van der Waals surface area contributed by atoms with E-state index in [4.69, 9.17) is 9.84 Å². The smallest absolute Gasteiger partial charge is 0.158 e. The van der Waals surface area contributed by atoms with Crippen molar-refractivity contribution in [2.24, 2.45) is 0 Å². The molecule has 0 heterocycles. The maximum Gasteiger partial charge on any atom is 0.158 e. The van der Waals surface area contributed by atoms with E-state index in [9.17, 15) is 8.42 Å². The number of ether oxygens (including phenoxy) is 1. The summed E-state index contributed by atoms with van der Waals surface area (Å²) in [5.41, 5.74) is 0.705. The maximum absolute atomic E-state index is 11.9. The Morgan fingerprint density at radius 2 is 1.95 bits per heavy atom. The molecule has 0 bridgehead atoms. The van der Waals surface area contributed by atoms with Gasteiger partial charge in [-0.3, -0.25) is 0 Å². The van der Waals surface area contributed by atoms with E-state index in [1.165, 1.54) is 0 Å². The first-order valence-corrected chi connectivity index (χ1v) is 8.36. The normalized spacial score (nSPS) is 12.5. The third-order valence-electron chi connectivity index (χ3n) is 2.74. The van der Waals surface area contributed by atoms with E-state index >= 15 is 0 Å². The molecule has 0 unspecified atom stereocenters. The molecule has 0 atom stereocenters. The van der Waals surface area contributed by atoms with Crippen LogP contribution in [0.25, 0.3) is 0 Å². The zero-order valence-corrected chi connectivity index (χ0v) is 13.7. The van der Waals surface area contributed by atoms with Gasteiger partial charge in [-0.1, -0.05) is 15.9 Å². The zero-order chi connectivity index (χ0) is 14.7. The average Bonchev–Trinajstić information content (AvgIpc) is 2.29. The summed E-state index contributed by atoms with van der Waals surface area (Å²) < 4.78 is 29.2. The molecule has 0 saturated heterocycles. The third-order valence-corrected chi connectivity index (χ3v) is 6.09. The summed E-state index contributed by atoms with van der Waals surface area (Å²) in [6.45, 7) is 5.02. The van der Waals surface area contributed by atoms with Gasteiger partial charge in [0.05, 0.1) is 17.1 Å². The summed E-state index contributed by atoms with van der Waals surface area (Å²) in [4.78, 5) is 0. The van der Waals surface area contributed by atoms with E-state index in [1.807, 2.05) is 0 Å². The molecule has 108 valence electrons. The molecule has 0 aliphatic rings. The molecule has 1 aromatic carbocycles. The van der Waals surface area contributed by atoms with Gasteiger partial charge in [0.1, 0.15) is 12.4 Å². The van der Waals surface area contributed by atoms with E-state index < -0.39 is 14.6 Å². The molecule has 0 amide bonds. The quantitative estimate of drug-likeness (QED) is 0.886. The Morgan fingerprint density at radius 3 is 2.47 bits per heavy atom. The summed E-state index contributed by atoms with van der Waals surface area (Å²) >= 11 is 3.31. The first kappa shape index (κ1) is 16.5. The van der Waals surface area contributed by atoms with Gasteiger partial charge in [0.2, 0.25) is 0 Å². The molecule has 4 nitrogen and oxygen atoms in total. The number of aliphatic hydroxyl groups excluding tert-OH is 1. The number of sulfone groups is 1. The van der Waals surface area contributed by atoms with Gasteiger partial charge >= 0.3 is 0 Å². The number of rotatable bonds is 5. The van der Waals surface area contributed by atoms with Crippen LogP contribution in [0.3, 0.4) is 0 Å². The summed E-state index contributed by atoms with van der Waals surface area (Å²) in [7, 11) is -3.18. The highest BCUT2D eigenvalue weighted by Gasteiger charge is 2.28. The average molecular weight is 351 g/mol. The van der Waals surface area contributed by atoms with Crippen molar-refractivity contribution >= 4 is 25.8 Å². The molecule has 1 aromatic rings. The lowest BCUT2D eigenvalue weighted by Gasteiger charge is -2.19. The second kappa shape index (κ2) is 6.24. The van der Waals surface area contributed by atoms with E-state index in [1.54, 1.807) is 39.0 Å². The van der Waals surface area contributed by atoms with Crippen molar-refractivity contribution < 1.29 is 18.3 Å². The van der Waals surface area contributed by atoms with Crippen molar-refractivity contribution in [2.45, 2.75) is 32.1 Å². The Kier molecular flexibility index (Phi) is 5.41. The van der Waals surface area contributed by atoms with Gasteiger partial charge in [-0.15, -0.1) is 0 Å². The van der Waals surface area contributed by atoms with Crippen LogP contribution in [-0.4, -0.2) is 30.6 Å². The van der Waals surface area contributed by atoms with Gasteiger partial charge < -0.3 is 9.84 Å². The van der Waals surface area contributed by atoms with Crippen LogP contribution in [0.1, 0.15) is 26.3 Å². The van der Waals surface area contributed by atoms with Crippen LogP contribution >= 0.6 is 15.9 Å². The maximum atomic E-state index is 11.9. The molecular formula is C13H19BrO4S. The van der Waals surface area contributed by atoms with Crippen LogP contribution in [0.2, 0.25) is 0 Å². The van der Waals surface area contributed by atoms with Crippen molar-refractivity contribution in [1.82, 2.24) is 0 Å². The van der Waals surface area contributed by atoms with Gasteiger partial charge in [-0.05, 0) is 44.5 Å². The Hall–Kier alpha value is -0.590. The first-order valence-electron chi connectivity index (χ1n) is 5.92. The Balaban J connectivity index is 2.64. The number of hydrogen-bond acceptors (Lipinski definition) is 4. The predicted molar refractivity (Wildman–Crippen MR) is 79.1 cm³/mol. The number of aliphatic hydroxyl groups is 1. The van der Waals surface area contributed by atoms with E-state index in [2.05, 4.69) is 15.9 Å². The van der Waals surface area contributed by atoms with Crippen molar-refractivity contribution in [3.63, 3.8) is 0 Å². The highest BCUT2D eigenvalue weighted by atomic mass is 79.9. The lowest BCUT2D eigenvalue weighted by molar-refractivity contribution is 0.279. The Bertz CT molecular complexity index is 532. The number of halogens is 1. The van der Waals surface area contributed by atoms with Crippen LogP contribution < -0.4 is 4.74 Å². The molecule has 1 N–H and O–H groups in total. The molecule has 0 aliphatic heterocycles. The molecule has 0 aromatic heterocycles. The van der Waals surface area contributed by atoms with Gasteiger partial charge in [0, 0.05) is 4.47 Å². The minimum atomic E-state index is -3.18. The fourth-order valence-electron chi connectivity index (χ4n) is 1.34. The predicted octanol–water partition coefficient (Wildman–Crippen LogP) is 2.53. The fourth-order valence-corrected chi connectivity index (χ4v) is 2.62. The number of benzene rings is 1. The lowest BCUT2D eigenvalue weighted by atomic mass is 10.2. The summed E-state index contributed by atoms with van der Waals surface area (Å²) in [5, 5.41) is 9.12. The zero-order valence-electron chi connectivity index (χ0n) is 11.3. The van der Waals surface area contributed by atoms with Gasteiger partial charge in [-0.2, -0.15) is 0 Å². The Labute approximate surface area is 122 Å². The second-order valence-electron chi connectivity index (χ2n) is 5.19. The van der Waals surface area contributed by atoms with Crippen LogP contribution in [0.4, 0.5) is 0 Å². The second-order valence-corrected chi connectivity index (χ2v) is 8.91. The molecular weight excluding hydrogens is 332 g/mol. The van der Waals surface area contributed by atoms with E-state index in [0.717, 1.165) is 4.47 Å². The van der Waals surface area contributed by atoms with Crippen LogP contribution in [0.15, 0.2) is 22.7 Å². The standard InChI is InChI=1S/C13H19BrO4S/c1-13(2,3)19(16,17)7-6-18-11-4-5-12(14)10(8-11)9-15/h4-5,8,15H,6-7,9H2,1-3H3. The monoisotopic (exact) mass is 350 g/mol. The molecule has 0 radical (unpaired) electrons. The van der Waals surface area contributed by atoms with Crippen molar-refractivity contribution in [1.29, 1.82) is 0 Å². The summed E-state index contributed by atoms with van der Waals surface area (Å²) in [6.07, 6.45) is 0. The molecule has 0 fully saturated rings. The molecule has 19 heavy (non-hydrogen) atoms. The van der Waals surface area contributed by atoms with Crippen molar-refractivity contribution in [3.8, 4) is 5.75 Å². The third kappa shape index (κ3) is 4.47. The van der Waals surface area contributed by atoms with Gasteiger partial charge in [-0.25, -0.2) is 8.42 Å². The molecule has 6 heteroatoms. The fraction of sp³-hybridized carbons (Fsp3) is 0.538.